The molecule has 0 aliphatic carbocycles. The molecule has 1 nitrogen and oxygen atoms in total. The SMILES string of the molecule is CCCCN1C2CSCC1C2. The molecule has 3 aliphatic rings. The molecule has 3 rings (SSSR count). The Balaban J connectivity index is 1.77. The van der Waals surface area contributed by atoms with E-state index in [1.807, 2.05) is 0 Å². The zero-order valence-electron chi connectivity index (χ0n) is 7.25. The van der Waals surface area contributed by atoms with Crippen molar-refractivity contribution in [3.8, 4) is 0 Å². The van der Waals surface area contributed by atoms with Crippen molar-refractivity contribution in [2.75, 3.05) is 18.1 Å². The van der Waals surface area contributed by atoms with Crippen LogP contribution in [0.3, 0.4) is 0 Å². The predicted octanol–water partition coefficient (Wildman–Crippen LogP) is 1.98. The van der Waals surface area contributed by atoms with Crippen molar-refractivity contribution in [3.63, 3.8) is 0 Å². The Kier molecular flexibility index (Phi) is 2.42. The summed E-state index contributed by atoms with van der Waals surface area (Å²) in [6.07, 6.45) is 4.25. The van der Waals surface area contributed by atoms with E-state index in [9.17, 15) is 0 Å². The maximum atomic E-state index is 2.72. The molecule has 3 aliphatic heterocycles. The topological polar surface area (TPSA) is 3.24 Å². The Bertz CT molecular complexity index is 124. The molecular formula is C9H17NS. The first-order chi connectivity index (χ1) is 5.42. The lowest BCUT2D eigenvalue weighted by Crippen LogP contribution is -2.61. The molecule has 3 fully saturated rings. The molecule has 0 aromatic carbocycles. The molecule has 2 bridgehead atoms. The van der Waals surface area contributed by atoms with Crippen LogP contribution in [-0.4, -0.2) is 35.0 Å². The fourth-order valence-electron chi connectivity index (χ4n) is 2.12. The van der Waals surface area contributed by atoms with E-state index in [4.69, 9.17) is 0 Å². The third-order valence-corrected chi connectivity index (χ3v) is 4.11. The number of thioether (sulfide) groups is 1. The maximum Gasteiger partial charge on any atom is 0.0204 e. The standard InChI is InChI=1S/C9H17NS/c1-2-3-4-10-8-5-9(10)7-11-6-8/h8-9H,2-7H2,1H3. The van der Waals surface area contributed by atoms with Gasteiger partial charge in [-0.25, -0.2) is 0 Å². The Labute approximate surface area is 73.5 Å². The predicted molar refractivity (Wildman–Crippen MR) is 51.1 cm³/mol. The molecule has 2 atom stereocenters. The summed E-state index contributed by atoms with van der Waals surface area (Å²) in [6.45, 7) is 3.65. The first kappa shape index (κ1) is 7.93. The van der Waals surface area contributed by atoms with Gasteiger partial charge in [0.2, 0.25) is 0 Å². The molecule has 3 saturated heterocycles. The van der Waals surface area contributed by atoms with Gasteiger partial charge in [-0.1, -0.05) is 13.3 Å². The average molecular weight is 171 g/mol. The summed E-state index contributed by atoms with van der Waals surface area (Å²) in [5, 5.41) is 0. The summed E-state index contributed by atoms with van der Waals surface area (Å²) in [5.41, 5.74) is 0. The molecule has 11 heavy (non-hydrogen) atoms. The first-order valence-electron chi connectivity index (χ1n) is 4.75. The molecule has 3 heterocycles. The van der Waals surface area contributed by atoms with Gasteiger partial charge in [-0.2, -0.15) is 11.8 Å². The average Bonchev–Trinajstić information content (AvgIpc) is 2.06. The second-order valence-electron chi connectivity index (χ2n) is 3.67. The molecule has 0 aromatic rings. The van der Waals surface area contributed by atoms with E-state index in [2.05, 4.69) is 23.6 Å². The van der Waals surface area contributed by atoms with E-state index in [1.165, 1.54) is 37.3 Å². The van der Waals surface area contributed by atoms with E-state index < -0.39 is 0 Å². The molecule has 0 radical (unpaired) electrons. The number of rotatable bonds is 3. The van der Waals surface area contributed by atoms with Gasteiger partial charge in [0.05, 0.1) is 0 Å². The van der Waals surface area contributed by atoms with Crippen LogP contribution in [-0.2, 0) is 0 Å². The lowest BCUT2D eigenvalue weighted by Gasteiger charge is -2.52. The third-order valence-electron chi connectivity index (χ3n) is 2.87. The summed E-state index contributed by atoms with van der Waals surface area (Å²) < 4.78 is 0. The van der Waals surface area contributed by atoms with Gasteiger partial charge in [0.25, 0.3) is 0 Å². The fourth-order valence-corrected chi connectivity index (χ4v) is 3.45. The van der Waals surface area contributed by atoms with Gasteiger partial charge in [0.15, 0.2) is 0 Å². The van der Waals surface area contributed by atoms with Crippen LogP contribution in [0.2, 0.25) is 0 Å². The van der Waals surface area contributed by atoms with Crippen molar-refractivity contribution in [1.29, 1.82) is 0 Å². The van der Waals surface area contributed by atoms with Gasteiger partial charge >= 0.3 is 0 Å². The highest BCUT2D eigenvalue weighted by molar-refractivity contribution is 7.99. The first-order valence-corrected chi connectivity index (χ1v) is 5.90. The Hall–Kier alpha value is 0.310. The summed E-state index contributed by atoms with van der Waals surface area (Å²) in [5.74, 6) is 2.81. The summed E-state index contributed by atoms with van der Waals surface area (Å²) in [4.78, 5) is 2.72. The lowest BCUT2D eigenvalue weighted by molar-refractivity contribution is 0.0361. The van der Waals surface area contributed by atoms with Gasteiger partial charge in [-0.3, -0.25) is 4.90 Å². The molecule has 2 unspecified atom stereocenters. The van der Waals surface area contributed by atoms with Gasteiger partial charge in [-0.05, 0) is 19.4 Å². The monoisotopic (exact) mass is 171 g/mol. The molecular weight excluding hydrogens is 154 g/mol. The van der Waals surface area contributed by atoms with Crippen LogP contribution in [0, 0.1) is 0 Å². The van der Waals surface area contributed by atoms with Crippen molar-refractivity contribution in [2.45, 2.75) is 38.3 Å². The van der Waals surface area contributed by atoms with E-state index >= 15 is 0 Å². The Morgan fingerprint density at radius 1 is 1.36 bits per heavy atom. The van der Waals surface area contributed by atoms with Crippen LogP contribution >= 0.6 is 11.8 Å². The van der Waals surface area contributed by atoms with Crippen LogP contribution in [0.5, 0.6) is 0 Å². The number of hydrogen-bond acceptors (Lipinski definition) is 2. The number of hydrogen-bond donors (Lipinski definition) is 0. The highest BCUT2D eigenvalue weighted by Crippen LogP contribution is 2.36. The van der Waals surface area contributed by atoms with E-state index in [1.54, 1.807) is 0 Å². The fraction of sp³-hybridized carbons (Fsp3) is 1.00. The normalized spacial score (nSPS) is 36.8. The van der Waals surface area contributed by atoms with E-state index in [-0.39, 0.29) is 0 Å². The molecule has 64 valence electrons. The highest BCUT2D eigenvalue weighted by Gasteiger charge is 2.40. The quantitative estimate of drug-likeness (QED) is 0.639. The number of fused-ring (bicyclic) bond motifs is 2. The minimum Gasteiger partial charge on any atom is -0.296 e. The van der Waals surface area contributed by atoms with Crippen molar-refractivity contribution >= 4 is 11.8 Å². The van der Waals surface area contributed by atoms with Crippen LogP contribution in [0.1, 0.15) is 26.2 Å². The second-order valence-corrected chi connectivity index (χ2v) is 4.75. The minimum atomic E-state index is 0.963. The second kappa shape index (κ2) is 3.36. The maximum absolute atomic E-state index is 2.72. The molecule has 2 heteroatoms. The minimum absolute atomic E-state index is 0.963. The van der Waals surface area contributed by atoms with Crippen LogP contribution in [0.15, 0.2) is 0 Å². The van der Waals surface area contributed by atoms with Gasteiger partial charge < -0.3 is 0 Å². The third kappa shape index (κ3) is 1.43. The van der Waals surface area contributed by atoms with Gasteiger partial charge in [0.1, 0.15) is 0 Å². The van der Waals surface area contributed by atoms with Crippen molar-refractivity contribution in [1.82, 2.24) is 4.90 Å². The van der Waals surface area contributed by atoms with E-state index in [0.29, 0.717) is 0 Å². The smallest absolute Gasteiger partial charge is 0.0204 e. The highest BCUT2D eigenvalue weighted by atomic mass is 32.2. The molecule has 0 N–H and O–H groups in total. The zero-order chi connectivity index (χ0) is 7.68. The number of nitrogens with zero attached hydrogens (tertiary/aromatic N) is 1. The largest absolute Gasteiger partial charge is 0.296 e. The van der Waals surface area contributed by atoms with Crippen LogP contribution < -0.4 is 0 Å². The van der Waals surface area contributed by atoms with Crippen molar-refractivity contribution < 1.29 is 0 Å². The molecule has 0 spiro atoms. The molecule has 0 aromatic heterocycles. The van der Waals surface area contributed by atoms with Gasteiger partial charge in [-0.15, -0.1) is 0 Å². The Morgan fingerprint density at radius 2 is 2.09 bits per heavy atom. The van der Waals surface area contributed by atoms with Crippen molar-refractivity contribution in [2.24, 2.45) is 0 Å². The summed E-state index contributed by atoms with van der Waals surface area (Å²) >= 11 is 2.15. The lowest BCUT2D eigenvalue weighted by atomic mass is 9.94. The van der Waals surface area contributed by atoms with Gasteiger partial charge in [0, 0.05) is 23.6 Å². The molecule has 0 amide bonds. The summed E-state index contributed by atoms with van der Waals surface area (Å²) in [6, 6.07) is 1.93. The Morgan fingerprint density at radius 3 is 2.64 bits per heavy atom. The number of unbranched alkanes of at least 4 members (excludes halogenated alkanes) is 1. The molecule has 0 saturated carbocycles. The van der Waals surface area contributed by atoms with Crippen molar-refractivity contribution in [3.05, 3.63) is 0 Å². The van der Waals surface area contributed by atoms with Crippen LogP contribution in [0.4, 0.5) is 0 Å². The summed E-state index contributed by atoms with van der Waals surface area (Å²) in [7, 11) is 0. The van der Waals surface area contributed by atoms with Crippen LogP contribution in [0.25, 0.3) is 0 Å². The van der Waals surface area contributed by atoms with E-state index in [0.717, 1.165) is 12.1 Å². The zero-order valence-corrected chi connectivity index (χ0v) is 8.07.